The van der Waals surface area contributed by atoms with Crippen LogP contribution in [0, 0.1) is 0 Å². The van der Waals surface area contributed by atoms with Crippen molar-refractivity contribution in [2.24, 2.45) is 0 Å². The van der Waals surface area contributed by atoms with Crippen molar-refractivity contribution in [2.75, 3.05) is 20.8 Å². The lowest BCUT2D eigenvalue weighted by Gasteiger charge is -2.37. The van der Waals surface area contributed by atoms with Crippen molar-refractivity contribution in [3.05, 3.63) is 95.1 Å². The molecule has 1 aliphatic heterocycles. The highest BCUT2D eigenvalue weighted by atomic mass is 16.5. The molecule has 0 saturated heterocycles. The molecule has 1 aliphatic rings. The third-order valence-corrected chi connectivity index (χ3v) is 7.57. The Morgan fingerprint density at radius 2 is 1.49 bits per heavy atom. The number of benzene rings is 3. The average molecular weight is 589 g/mol. The zero-order valence-electron chi connectivity index (χ0n) is 25.2. The number of hydrogen-bond acceptors (Lipinski definition) is 8. The summed E-state index contributed by atoms with van der Waals surface area (Å²) < 4.78 is 22.0. The van der Waals surface area contributed by atoms with Crippen LogP contribution >= 0.6 is 0 Å². The summed E-state index contributed by atoms with van der Waals surface area (Å²) in [5.74, 6) is -0.166. The highest BCUT2D eigenvalue weighted by molar-refractivity contribution is 5.89. The SMILES string of the molecule is CCOC(=O)[C@H](CCc1ccccc1)N[C@@H](C)C(=O)N1Cc2cc(OC)c(OC)cc2C[C@H]1C(=O)OCc1ccccc1. The highest BCUT2D eigenvalue weighted by Crippen LogP contribution is 2.35. The molecule has 0 aliphatic carbocycles. The van der Waals surface area contributed by atoms with Crippen molar-refractivity contribution in [1.29, 1.82) is 0 Å². The van der Waals surface area contributed by atoms with E-state index in [4.69, 9.17) is 18.9 Å². The molecule has 9 heteroatoms. The Labute approximate surface area is 253 Å². The number of fused-ring (bicyclic) bond motifs is 1. The lowest BCUT2D eigenvalue weighted by Crippen LogP contribution is -2.56. The molecule has 1 heterocycles. The van der Waals surface area contributed by atoms with Gasteiger partial charge in [-0.2, -0.15) is 0 Å². The van der Waals surface area contributed by atoms with Crippen molar-refractivity contribution in [1.82, 2.24) is 10.2 Å². The Kier molecular flexibility index (Phi) is 11.2. The first-order chi connectivity index (χ1) is 20.8. The van der Waals surface area contributed by atoms with Crippen LogP contribution in [0.2, 0.25) is 0 Å². The van der Waals surface area contributed by atoms with Crippen LogP contribution < -0.4 is 14.8 Å². The fourth-order valence-corrected chi connectivity index (χ4v) is 5.27. The zero-order valence-corrected chi connectivity index (χ0v) is 25.2. The van der Waals surface area contributed by atoms with Gasteiger partial charge in [-0.25, -0.2) is 4.79 Å². The number of amides is 1. The molecule has 9 nitrogen and oxygen atoms in total. The molecule has 0 radical (unpaired) electrons. The molecule has 4 rings (SSSR count). The third kappa shape index (κ3) is 8.14. The van der Waals surface area contributed by atoms with E-state index >= 15 is 0 Å². The molecule has 0 unspecified atom stereocenters. The van der Waals surface area contributed by atoms with Gasteiger partial charge in [0, 0.05) is 13.0 Å². The van der Waals surface area contributed by atoms with Gasteiger partial charge in [-0.3, -0.25) is 14.9 Å². The fourth-order valence-electron chi connectivity index (χ4n) is 5.27. The van der Waals surface area contributed by atoms with E-state index in [1.807, 2.05) is 72.8 Å². The number of aryl methyl sites for hydroxylation is 1. The fraction of sp³-hybridized carbons (Fsp3) is 0.382. The summed E-state index contributed by atoms with van der Waals surface area (Å²) in [6.07, 6.45) is 1.32. The lowest BCUT2D eigenvalue weighted by atomic mass is 9.92. The Morgan fingerprint density at radius 3 is 2.09 bits per heavy atom. The number of carbonyl (C=O) groups is 3. The highest BCUT2D eigenvalue weighted by Gasteiger charge is 2.39. The van der Waals surface area contributed by atoms with Crippen molar-refractivity contribution in [3.63, 3.8) is 0 Å². The molecule has 1 amide bonds. The quantitative estimate of drug-likeness (QED) is 0.296. The van der Waals surface area contributed by atoms with E-state index in [0.717, 1.165) is 22.3 Å². The van der Waals surface area contributed by atoms with Crippen molar-refractivity contribution in [3.8, 4) is 11.5 Å². The normalized spacial score (nSPS) is 15.5. The molecule has 1 N–H and O–H groups in total. The second-order valence-electron chi connectivity index (χ2n) is 10.5. The molecule has 3 aromatic rings. The van der Waals surface area contributed by atoms with Crippen molar-refractivity contribution in [2.45, 2.75) is 64.4 Å². The van der Waals surface area contributed by atoms with E-state index < -0.39 is 30.1 Å². The van der Waals surface area contributed by atoms with E-state index in [0.29, 0.717) is 24.3 Å². The monoisotopic (exact) mass is 588 g/mol. The zero-order chi connectivity index (χ0) is 30.8. The lowest BCUT2D eigenvalue weighted by molar-refractivity contribution is -0.158. The summed E-state index contributed by atoms with van der Waals surface area (Å²) in [5, 5.41) is 3.19. The first-order valence-electron chi connectivity index (χ1n) is 14.6. The molecule has 43 heavy (non-hydrogen) atoms. The second kappa shape index (κ2) is 15.2. The topological polar surface area (TPSA) is 103 Å². The van der Waals surface area contributed by atoms with Crippen LogP contribution in [0.15, 0.2) is 72.8 Å². The molecule has 0 aromatic heterocycles. The largest absolute Gasteiger partial charge is 0.493 e. The number of nitrogens with zero attached hydrogens (tertiary/aromatic N) is 1. The minimum Gasteiger partial charge on any atom is -0.493 e. The standard InChI is InChI=1S/C34H40N2O7/c1-5-42-33(38)28(17-16-24-12-8-6-9-13-24)35-23(2)32(37)36-21-27-20-31(41-4)30(40-3)19-26(27)18-29(36)34(39)43-22-25-14-10-7-11-15-25/h6-15,19-20,23,28-29,35H,5,16-18,21-22H2,1-4H3/t23-,28-,29-/m0/s1. The third-order valence-electron chi connectivity index (χ3n) is 7.57. The summed E-state index contributed by atoms with van der Waals surface area (Å²) >= 11 is 0. The molecule has 3 atom stereocenters. The summed E-state index contributed by atoms with van der Waals surface area (Å²) in [5.41, 5.74) is 3.64. The van der Waals surface area contributed by atoms with Crippen molar-refractivity contribution >= 4 is 17.8 Å². The van der Waals surface area contributed by atoms with E-state index in [1.165, 1.54) is 4.90 Å². The molecule has 0 fully saturated rings. The van der Waals surface area contributed by atoms with E-state index in [1.54, 1.807) is 28.1 Å². The number of esters is 2. The van der Waals surface area contributed by atoms with Crippen molar-refractivity contribution < 1.29 is 33.3 Å². The van der Waals surface area contributed by atoms with Crippen LogP contribution in [0.5, 0.6) is 11.5 Å². The summed E-state index contributed by atoms with van der Waals surface area (Å²) in [6.45, 7) is 3.94. The molecule has 228 valence electrons. The predicted molar refractivity (Wildman–Crippen MR) is 162 cm³/mol. The summed E-state index contributed by atoms with van der Waals surface area (Å²) in [6, 6.07) is 20.5. The maximum atomic E-state index is 14.0. The molecule has 0 saturated carbocycles. The number of nitrogens with one attached hydrogen (secondary N) is 1. The summed E-state index contributed by atoms with van der Waals surface area (Å²) in [4.78, 5) is 41.9. The minimum atomic E-state index is -0.864. The Morgan fingerprint density at radius 1 is 0.884 bits per heavy atom. The minimum absolute atomic E-state index is 0.0925. The Balaban J connectivity index is 1.56. The molecule has 0 bridgehead atoms. The van der Waals surface area contributed by atoms with Gasteiger partial charge in [-0.15, -0.1) is 0 Å². The van der Waals surface area contributed by atoms with Crippen LogP contribution in [-0.2, 0) is 49.9 Å². The number of hydrogen-bond donors (Lipinski definition) is 1. The van der Waals surface area contributed by atoms with Crippen LogP contribution in [0.25, 0.3) is 0 Å². The first kappa shape index (κ1) is 31.6. The van der Waals surface area contributed by atoms with E-state index in [-0.39, 0.29) is 32.1 Å². The van der Waals surface area contributed by atoms with Crippen LogP contribution in [0.4, 0.5) is 0 Å². The maximum absolute atomic E-state index is 14.0. The van der Waals surface area contributed by atoms with Gasteiger partial charge in [-0.1, -0.05) is 60.7 Å². The molecule has 3 aromatic carbocycles. The smallest absolute Gasteiger partial charge is 0.329 e. The van der Waals surface area contributed by atoms with Gasteiger partial charge in [0.15, 0.2) is 11.5 Å². The Bertz CT molecular complexity index is 1380. The number of carbonyl (C=O) groups excluding carboxylic acids is 3. The van der Waals surface area contributed by atoms with E-state index in [9.17, 15) is 14.4 Å². The van der Waals surface area contributed by atoms with Gasteiger partial charge in [-0.05, 0) is 61.1 Å². The average Bonchev–Trinajstić information content (AvgIpc) is 3.04. The van der Waals surface area contributed by atoms with E-state index in [2.05, 4.69) is 5.32 Å². The number of methoxy groups -OCH3 is 2. The number of rotatable bonds is 13. The molecule has 0 spiro atoms. The van der Waals surface area contributed by atoms with Crippen LogP contribution in [0.3, 0.4) is 0 Å². The van der Waals surface area contributed by atoms with Gasteiger partial charge in [0.2, 0.25) is 5.91 Å². The van der Waals surface area contributed by atoms with Gasteiger partial charge in [0.05, 0.1) is 26.9 Å². The maximum Gasteiger partial charge on any atom is 0.329 e. The van der Waals surface area contributed by atoms with Gasteiger partial charge < -0.3 is 23.8 Å². The first-order valence-corrected chi connectivity index (χ1v) is 14.6. The van der Waals surface area contributed by atoms with Gasteiger partial charge >= 0.3 is 11.9 Å². The Hall–Kier alpha value is -4.37. The van der Waals surface area contributed by atoms with Crippen LogP contribution in [-0.4, -0.2) is 61.7 Å². The number of ether oxygens (including phenoxy) is 4. The molecular formula is C34H40N2O7. The van der Waals surface area contributed by atoms with Gasteiger partial charge in [0.25, 0.3) is 0 Å². The van der Waals surface area contributed by atoms with Gasteiger partial charge in [0.1, 0.15) is 18.7 Å². The summed E-state index contributed by atoms with van der Waals surface area (Å²) in [7, 11) is 3.11. The second-order valence-corrected chi connectivity index (χ2v) is 10.5. The van der Waals surface area contributed by atoms with Crippen LogP contribution in [0.1, 0.15) is 42.5 Å². The predicted octanol–water partition coefficient (Wildman–Crippen LogP) is 4.24. The molecular weight excluding hydrogens is 548 g/mol.